The predicted octanol–water partition coefficient (Wildman–Crippen LogP) is 2.17. The van der Waals surface area contributed by atoms with E-state index in [0.29, 0.717) is 17.9 Å². The van der Waals surface area contributed by atoms with E-state index in [1.807, 2.05) is 24.4 Å². The summed E-state index contributed by atoms with van der Waals surface area (Å²) in [4.78, 5) is 15.7. The van der Waals surface area contributed by atoms with Gasteiger partial charge in [0.2, 0.25) is 0 Å². The lowest BCUT2D eigenvalue weighted by Gasteiger charge is -2.00. The number of pyridine rings is 1. The summed E-state index contributed by atoms with van der Waals surface area (Å²) in [5.74, 6) is -0.124. The normalized spacial score (nSPS) is 10.8. The van der Waals surface area contributed by atoms with Crippen LogP contribution in [0, 0.1) is 0 Å². The number of rotatable bonds is 3. The zero-order chi connectivity index (χ0) is 13.2. The van der Waals surface area contributed by atoms with E-state index < -0.39 is 5.97 Å². The Kier molecular flexibility index (Phi) is 2.75. The zero-order valence-corrected chi connectivity index (χ0v) is 10.2. The minimum Gasteiger partial charge on any atom is -0.461 e. The van der Waals surface area contributed by atoms with Crippen molar-refractivity contribution in [1.82, 2.24) is 14.6 Å². The molecular weight excluding hydrogens is 246 g/mol. The fourth-order valence-corrected chi connectivity index (χ4v) is 1.89. The Bertz CT molecular complexity index is 729. The Balaban J connectivity index is 2.12. The van der Waals surface area contributed by atoms with Crippen LogP contribution < -0.4 is 0 Å². The average Bonchev–Trinajstić information content (AvgIpc) is 3.05. The fourth-order valence-electron chi connectivity index (χ4n) is 1.89. The lowest BCUT2D eigenvalue weighted by Crippen LogP contribution is -2.06. The molecule has 0 N–H and O–H groups in total. The first kappa shape index (κ1) is 11.5. The molecular formula is C13H11N3O3. The number of carbonyl (C=O) groups excluding carboxylic acids is 1. The van der Waals surface area contributed by atoms with Gasteiger partial charge in [-0.15, -0.1) is 0 Å². The van der Waals surface area contributed by atoms with Gasteiger partial charge in [0.05, 0.1) is 23.9 Å². The maximum absolute atomic E-state index is 11.8. The quantitative estimate of drug-likeness (QED) is 0.672. The van der Waals surface area contributed by atoms with Crippen molar-refractivity contribution >= 4 is 11.5 Å². The molecule has 3 heterocycles. The van der Waals surface area contributed by atoms with Gasteiger partial charge in [0.1, 0.15) is 0 Å². The van der Waals surface area contributed by atoms with Crippen LogP contribution in [0.3, 0.4) is 0 Å². The molecule has 6 heteroatoms. The molecule has 0 bridgehead atoms. The van der Waals surface area contributed by atoms with Gasteiger partial charge in [-0.1, -0.05) is 6.07 Å². The smallest absolute Gasteiger partial charge is 0.360 e. The number of hydrogen-bond donors (Lipinski definition) is 0. The summed E-state index contributed by atoms with van der Waals surface area (Å²) in [6.07, 6.45) is 4.69. The predicted molar refractivity (Wildman–Crippen MR) is 66.6 cm³/mol. The van der Waals surface area contributed by atoms with Gasteiger partial charge in [-0.2, -0.15) is 5.10 Å². The van der Waals surface area contributed by atoms with Gasteiger partial charge in [-0.05, 0) is 19.1 Å². The molecule has 96 valence electrons. The molecule has 0 saturated heterocycles. The van der Waals surface area contributed by atoms with Gasteiger partial charge in [0.15, 0.2) is 17.8 Å². The third-order valence-corrected chi connectivity index (χ3v) is 2.71. The molecule has 3 aromatic heterocycles. The molecule has 19 heavy (non-hydrogen) atoms. The van der Waals surface area contributed by atoms with Crippen molar-refractivity contribution in [3.8, 4) is 11.3 Å². The second kappa shape index (κ2) is 4.56. The standard InChI is InChI=1S/C13H11N3O3/c1-2-18-13(17)11-12(19-8-14-11)9-7-15-16-6-4-3-5-10(9)16/h3-8H,2H2,1H3. The number of ether oxygens (including phenoxy) is 1. The number of oxazole rings is 1. The molecule has 6 nitrogen and oxygen atoms in total. The summed E-state index contributed by atoms with van der Waals surface area (Å²) in [5, 5.41) is 4.20. The second-order valence-corrected chi connectivity index (χ2v) is 3.84. The molecule has 3 rings (SSSR count). The van der Waals surface area contributed by atoms with Gasteiger partial charge >= 0.3 is 5.97 Å². The van der Waals surface area contributed by atoms with Crippen LogP contribution in [-0.4, -0.2) is 27.2 Å². The first-order valence-corrected chi connectivity index (χ1v) is 5.84. The number of fused-ring (bicyclic) bond motifs is 1. The summed E-state index contributed by atoms with van der Waals surface area (Å²) in [6.45, 7) is 2.03. The van der Waals surface area contributed by atoms with Crippen molar-refractivity contribution in [1.29, 1.82) is 0 Å². The van der Waals surface area contributed by atoms with Gasteiger partial charge < -0.3 is 9.15 Å². The molecule has 0 amide bonds. The van der Waals surface area contributed by atoms with E-state index in [9.17, 15) is 4.79 Å². The van der Waals surface area contributed by atoms with Gasteiger partial charge in [-0.25, -0.2) is 14.3 Å². The Labute approximate surface area is 108 Å². The van der Waals surface area contributed by atoms with Crippen molar-refractivity contribution in [2.45, 2.75) is 6.92 Å². The van der Waals surface area contributed by atoms with E-state index in [2.05, 4.69) is 10.1 Å². The van der Waals surface area contributed by atoms with E-state index in [0.717, 1.165) is 5.52 Å². The molecule has 3 aromatic rings. The van der Waals surface area contributed by atoms with Crippen LogP contribution in [0.2, 0.25) is 0 Å². The highest BCUT2D eigenvalue weighted by Crippen LogP contribution is 2.27. The van der Waals surface area contributed by atoms with E-state index in [1.165, 1.54) is 6.39 Å². The number of nitrogens with zero attached hydrogens (tertiary/aromatic N) is 3. The van der Waals surface area contributed by atoms with E-state index >= 15 is 0 Å². The molecule has 0 fully saturated rings. The highest BCUT2D eigenvalue weighted by molar-refractivity contribution is 5.95. The Morgan fingerprint density at radius 3 is 3.21 bits per heavy atom. The molecule has 0 radical (unpaired) electrons. The summed E-state index contributed by atoms with van der Waals surface area (Å²) in [6, 6.07) is 5.65. The molecule has 0 spiro atoms. The van der Waals surface area contributed by atoms with Gasteiger partial charge in [0.25, 0.3) is 0 Å². The third kappa shape index (κ3) is 1.87. The van der Waals surface area contributed by atoms with Crippen LogP contribution >= 0.6 is 0 Å². The molecule has 0 unspecified atom stereocenters. The molecule has 0 aliphatic heterocycles. The molecule has 0 aromatic carbocycles. The van der Waals surface area contributed by atoms with Crippen molar-refractivity contribution < 1.29 is 13.9 Å². The van der Waals surface area contributed by atoms with Crippen LogP contribution in [0.4, 0.5) is 0 Å². The number of esters is 1. The van der Waals surface area contributed by atoms with E-state index in [-0.39, 0.29) is 5.69 Å². The molecule has 0 saturated carbocycles. The summed E-state index contributed by atoms with van der Waals surface area (Å²) in [7, 11) is 0. The fraction of sp³-hybridized carbons (Fsp3) is 0.154. The number of hydrogen-bond acceptors (Lipinski definition) is 5. The molecule has 0 aliphatic rings. The van der Waals surface area contributed by atoms with Crippen LogP contribution in [0.5, 0.6) is 0 Å². The van der Waals surface area contributed by atoms with Crippen LogP contribution in [0.15, 0.2) is 41.4 Å². The van der Waals surface area contributed by atoms with Crippen LogP contribution in [0.25, 0.3) is 16.8 Å². The SMILES string of the molecule is CCOC(=O)c1ncoc1-c1cnn2ccccc12. The summed E-state index contributed by atoms with van der Waals surface area (Å²) in [5.41, 5.74) is 1.71. The third-order valence-electron chi connectivity index (χ3n) is 2.71. The number of carbonyl (C=O) groups is 1. The first-order valence-electron chi connectivity index (χ1n) is 5.84. The maximum Gasteiger partial charge on any atom is 0.360 e. The zero-order valence-electron chi connectivity index (χ0n) is 10.2. The Morgan fingerprint density at radius 2 is 2.37 bits per heavy atom. The van der Waals surface area contributed by atoms with Crippen molar-refractivity contribution in [3.63, 3.8) is 0 Å². The molecule has 0 atom stereocenters. The lowest BCUT2D eigenvalue weighted by atomic mass is 10.2. The summed E-state index contributed by atoms with van der Waals surface area (Å²) < 4.78 is 12.0. The number of aromatic nitrogens is 3. The van der Waals surface area contributed by atoms with E-state index in [4.69, 9.17) is 9.15 Å². The Hall–Kier alpha value is -2.63. The highest BCUT2D eigenvalue weighted by atomic mass is 16.5. The van der Waals surface area contributed by atoms with Crippen molar-refractivity contribution in [3.05, 3.63) is 42.7 Å². The van der Waals surface area contributed by atoms with Crippen LogP contribution in [-0.2, 0) is 4.74 Å². The van der Waals surface area contributed by atoms with Crippen molar-refractivity contribution in [2.75, 3.05) is 6.61 Å². The highest BCUT2D eigenvalue weighted by Gasteiger charge is 2.21. The maximum atomic E-state index is 11.8. The Morgan fingerprint density at radius 1 is 1.47 bits per heavy atom. The van der Waals surface area contributed by atoms with Crippen LogP contribution in [0.1, 0.15) is 17.4 Å². The monoisotopic (exact) mass is 257 g/mol. The topological polar surface area (TPSA) is 69.6 Å². The minimum absolute atomic E-state index is 0.167. The van der Waals surface area contributed by atoms with Crippen molar-refractivity contribution in [2.24, 2.45) is 0 Å². The second-order valence-electron chi connectivity index (χ2n) is 3.84. The van der Waals surface area contributed by atoms with E-state index in [1.54, 1.807) is 17.6 Å². The van der Waals surface area contributed by atoms with Gasteiger partial charge in [-0.3, -0.25) is 0 Å². The largest absolute Gasteiger partial charge is 0.461 e. The average molecular weight is 257 g/mol. The minimum atomic E-state index is -0.499. The van der Waals surface area contributed by atoms with Gasteiger partial charge in [0, 0.05) is 6.20 Å². The summed E-state index contributed by atoms with van der Waals surface area (Å²) >= 11 is 0. The first-order chi connectivity index (χ1) is 9.31. The molecule has 0 aliphatic carbocycles. The lowest BCUT2D eigenvalue weighted by molar-refractivity contribution is 0.0520.